The normalized spacial score (nSPS) is 11.5. The van der Waals surface area contributed by atoms with Gasteiger partial charge in [0.1, 0.15) is 0 Å². The quantitative estimate of drug-likeness (QED) is 0.539. The lowest BCUT2D eigenvalue weighted by atomic mass is 10.1. The predicted octanol–water partition coefficient (Wildman–Crippen LogP) is 3.84. The molecule has 0 saturated carbocycles. The zero-order chi connectivity index (χ0) is 16.5. The van der Waals surface area contributed by atoms with E-state index in [1.807, 2.05) is 30.3 Å². The number of hydrogen-bond acceptors (Lipinski definition) is 4. The number of nitrogens with one attached hydrogen (secondary N) is 2. The Hall–Kier alpha value is -2.57. The number of amides is 1. The molecule has 1 aliphatic carbocycles. The summed E-state index contributed by atoms with van der Waals surface area (Å²) in [6, 6.07) is 17.2. The van der Waals surface area contributed by atoms with Gasteiger partial charge in [0.05, 0.1) is 5.69 Å². The lowest BCUT2D eigenvalue weighted by molar-refractivity contribution is 0.0978. The van der Waals surface area contributed by atoms with Crippen molar-refractivity contribution in [3.63, 3.8) is 0 Å². The maximum atomic E-state index is 12.1. The van der Waals surface area contributed by atoms with Crippen molar-refractivity contribution in [2.45, 2.75) is 6.42 Å². The number of anilines is 1. The Kier molecular flexibility index (Phi) is 3.84. The van der Waals surface area contributed by atoms with E-state index >= 15 is 0 Å². The summed E-state index contributed by atoms with van der Waals surface area (Å²) in [5, 5.41) is 6.64. The summed E-state index contributed by atoms with van der Waals surface area (Å²) in [6.07, 6.45) is 0.897. The molecule has 0 bridgehead atoms. The van der Waals surface area contributed by atoms with E-state index in [9.17, 15) is 4.79 Å². The second kappa shape index (κ2) is 6.14. The minimum absolute atomic E-state index is 0.234. The van der Waals surface area contributed by atoms with Crippen LogP contribution in [0.25, 0.3) is 11.3 Å². The number of thiazole rings is 1. The van der Waals surface area contributed by atoms with Gasteiger partial charge in [-0.1, -0.05) is 42.5 Å². The van der Waals surface area contributed by atoms with E-state index in [0.717, 1.165) is 12.1 Å². The molecule has 24 heavy (non-hydrogen) atoms. The Morgan fingerprint density at radius 3 is 2.67 bits per heavy atom. The summed E-state index contributed by atoms with van der Waals surface area (Å²) < 4.78 is 0. The molecular formula is C18H13N3OS2. The number of benzene rings is 2. The number of carbonyl (C=O) groups excluding carboxylic acids is 1. The zero-order valence-corrected chi connectivity index (χ0v) is 14.2. The maximum absolute atomic E-state index is 12.1. The molecule has 118 valence electrons. The number of rotatable bonds is 2. The van der Waals surface area contributed by atoms with Crippen molar-refractivity contribution in [1.29, 1.82) is 0 Å². The lowest BCUT2D eigenvalue weighted by Gasteiger charge is -2.07. The topological polar surface area (TPSA) is 54.0 Å². The Labute approximate surface area is 148 Å². The number of nitrogens with zero attached hydrogens (tertiary/aromatic N) is 1. The molecule has 0 unspecified atom stereocenters. The first kappa shape index (κ1) is 15.0. The van der Waals surface area contributed by atoms with Crippen LogP contribution in [0.4, 0.5) is 5.13 Å². The van der Waals surface area contributed by atoms with Crippen LogP contribution in [0.5, 0.6) is 0 Å². The molecule has 0 atom stereocenters. The molecule has 2 N–H and O–H groups in total. The molecule has 0 saturated heterocycles. The van der Waals surface area contributed by atoms with Gasteiger partial charge in [0.2, 0.25) is 0 Å². The summed E-state index contributed by atoms with van der Waals surface area (Å²) in [5.41, 5.74) is 4.06. The predicted molar refractivity (Wildman–Crippen MR) is 100 cm³/mol. The van der Waals surface area contributed by atoms with Gasteiger partial charge in [0.25, 0.3) is 5.91 Å². The summed E-state index contributed by atoms with van der Waals surface area (Å²) in [4.78, 5) is 17.9. The molecule has 0 radical (unpaired) electrons. The van der Waals surface area contributed by atoms with Crippen molar-refractivity contribution >= 4 is 39.7 Å². The van der Waals surface area contributed by atoms with E-state index in [0.29, 0.717) is 10.7 Å². The molecule has 3 aromatic rings. The van der Waals surface area contributed by atoms with Crippen molar-refractivity contribution in [2.24, 2.45) is 0 Å². The Bertz CT molecular complexity index is 934. The summed E-state index contributed by atoms with van der Waals surface area (Å²) in [5.74, 6) is -0.234. The van der Waals surface area contributed by atoms with E-state index in [4.69, 9.17) is 12.2 Å². The van der Waals surface area contributed by atoms with E-state index in [1.54, 1.807) is 23.5 Å². The maximum Gasteiger partial charge on any atom is 0.257 e. The van der Waals surface area contributed by atoms with Crippen molar-refractivity contribution in [1.82, 2.24) is 10.3 Å². The molecular weight excluding hydrogens is 338 g/mol. The highest BCUT2D eigenvalue weighted by molar-refractivity contribution is 7.80. The molecule has 6 heteroatoms. The first-order chi connectivity index (χ1) is 11.7. The average molecular weight is 351 g/mol. The molecule has 0 spiro atoms. The number of fused-ring (bicyclic) bond motifs is 3. The fourth-order valence-electron chi connectivity index (χ4n) is 2.71. The van der Waals surface area contributed by atoms with Crippen LogP contribution in [-0.2, 0) is 6.42 Å². The van der Waals surface area contributed by atoms with Crippen LogP contribution in [0.2, 0.25) is 0 Å². The highest BCUT2D eigenvalue weighted by atomic mass is 32.1. The molecule has 1 aromatic heterocycles. The minimum atomic E-state index is -0.234. The SMILES string of the molecule is O=C(NC(=S)Nc1nc2c(s1)Cc1ccccc1-2)c1ccccc1. The van der Waals surface area contributed by atoms with Crippen LogP contribution in [0.1, 0.15) is 20.8 Å². The Balaban J connectivity index is 1.46. The monoisotopic (exact) mass is 351 g/mol. The van der Waals surface area contributed by atoms with Gasteiger partial charge in [0, 0.05) is 22.4 Å². The molecule has 4 nitrogen and oxygen atoms in total. The summed E-state index contributed by atoms with van der Waals surface area (Å²) >= 11 is 6.79. The van der Waals surface area contributed by atoms with Gasteiger partial charge in [-0.15, -0.1) is 11.3 Å². The standard InChI is InChI=1S/C18H13N3OS2/c22-16(11-6-2-1-3-7-11)20-17(23)21-18-19-15-13-9-5-4-8-12(13)10-14(15)24-18/h1-9H,10H2,(H2,19,20,21,22,23). The molecule has 1 heterocycles. The number of thiocarbonyl (C=S) groups is 1. The van der Waals surface area contributed by atoms with E-state index < -0.39 is 0 Å². The third-order valence-electron chi connectivity index (χ3n) is 3.80. The fourth-order valence-corrected chi connectivity index (χ4v) is 3.96. The smallest absolute Gasteiger partial charge is 0.257 e. The first-order valence-electron chi connectivity index (χ1n) is 7.46. The number of aromatic nitrogens is 1. The molecule has 4 rings (SSSR count). The molecule has 2 aromatic carbocycles. The number of carbonyl (C=O) groups is 1. The van der Waals surface area contributed by atoms with Crippen molar-refractivity contribution in [2.75, 3.05) is 5.32 Å². The largest absolute Gasteiger partial charge is 0.308 e. The van der Waals surface area contributed by atoms with E-state index in [-0.39, 0.29) is 11.0 Å². The van der Waals surface area contributed by atoms with Gasteiger partial charge in [-0.05, 0) is 29.9 Å². The zero-order valence-electron chi connectivity index (χ0n) is 12.6. The van der Waals surface area contributed by atoms with Crippen LogP contribution in [0.15, 0.2) is 54.6 Å². The molecule has 1 amide bonds. The summed E-state index contributed by atoms with van der Waals surface area (Å²) in [7, 11) is 0. The highest BCUT2D eigenvalue weighted by Gasteiger charge is 2.23. The summed E-state index contributed by atoms with van der Waals surface area (Å²) in [6.45, 7) is 0. The van der Waals surface area contributed by atoms with Gasteiger partial charge in [0.15, 0.2) is 10.2 Å². The van der Waals surface area contributed by atoms with Crippen molar-refractivity contribution in [3.05, 3.63) is 70.6 Å². The Morgan fingerprint density at radius 1 is 1.08 bits per heavy atom. The average Bonchev–Trinajstić information content (AvgIpc) is 3.12. The number of hydrogen-bond donors (Lipinski definition) is 2. The Morgan fingerprint density at radius 2 is 1.83 bits per heavy atom. The van der Waals surface area contributed by atoms with Gasteiger partial charge in [-0.2, -0.15) is 0 Å². The van der Waals surface area contributed by atoms with Crippen LogP contribution in [0, 0.1) is 0 Å². The van der Waals surface area contributed by atoms with Crippen molar-refractivity contribution in [3.8, 4) is 11.3 Å². The van der Waals surface area contributed by atoms with Crippen LogP contribution in [0.3, 0.4) is 0 Å². The molecule has 0 fully saturated rings. The van der Waals surface area contributed by atoms with Crippen LogP contribution < -0.4 is 10.6 Å². The van der Waals surface area contributed by atoms with E-state index in [1.165, 1.54) is 16.0 Å². The lowest BCUT2D eigenvalue weighted by Crippen LogP contribution is -2.34. The third kappa shape index (κ3) is 2.81. The van der Waals surface area contributed by atoms with Gasteiger partial charge in [-0.25, -0.2) is 4.98 Å². The molecule has 1 aliphatic rings. The fraction of sp³-hybridized carbons (Fsp3) is 0.0556. The minimum Gasteiger partial charge on any atom is -0.308 e. The van der Waals surface area contributed by atoms with Gasteiger partial charge >= 0.3 is 0 Å². The van der Waals surface area contributed by atoms with Crippen LogP contribution in [-0.4, -0.2) is 16.0 Å². The highest BCUT2D eigenvalue weighted by Crippen LogP contribution is 2.40. The van der Waals surface area contributed by atoms with E-state index in [2.05, 4.69) is 27.8 Å². The first-order valence-corrected chi connectivity index (χ1v) is 8.68. The van der Waals surface area contributed by atoms with Crippen LogP contribution >= 0.6 is 23.6 Å². The van der Waals surface area contributed by atoms with Crippen molar-refractivity contribution < 1.29 is 4.79 Å². The van der Waals surface area contributed by atoms with Gasteiger partial charge < -0.3 is 5.32 Å². The molecule has 0 aliphatic heterocycles. The third-order valence-corrected chi connectivity index (χ3v) is 4.98. The van der Waals surface area contributed by atoms with Gasteiger partial charge in [-0.3, -0.25) is 10.1 Å². The second-order valence-electron chi connectivity index (χ2n) is 5.40. The second-order valence-corrected chi connectivity index (χ2v) is 6.89.